The van der Waals surface area contributed by atoms with Gasteiger partial charge in [0, 0.05) is 12.3 Å². The summed E-state index contributed by atoms with van der Waals surface area (Å²) >= 11 is 0. The maximum absolute atomic E-state index is 11.2. The van der Waals surface area contributed by atoms with Crippen LogP contribution in [-0.4, -0.2) is 14.7 Å². The fourth-order valence-corrected chi connectivity index (χ4v) is 1.70. The summed E-state index contributed by atoms with van der Waals surface area (Å²) in [7, 11) is -3.11. The second-order valence-corrected chi connectivity index (χ2v) is 5.15. The third-order valence-electron chi connectivity index (χ3n) is 1.81. The average molecular weight is 199 g/mol. The van der Waals surface area contributed by atoms with Gasteiger partial charge in [0.2, 0.25) is 0 Å². The molecule has 0 aliphatic heterocycles. The lowest BCUT2D eigenvalue weighted by atomic mass is 10.1. The molecular weight excluding hydrogens is 186 g/mol. The third kappa shape index (κ3) is 2.54. The van der Waals surface area contributed by atoms with Crippen LogP contribution in [0.3, 0.4) is 0 Å². The number of hydrogen-bond acceptors (Lipinski definition) is 3. The molecule has 1 aromatic rings. The first-order valence-electron chi connectivity index (χ1n) is 3.97. The molecule has 3 nitrogen and oxygen atoms in total. The smallest absolute Gasteiger partial charge is 0.175 e. The van der Waals surface area contributed by atoms with Crippen molar-refractivity contribution in [3.8, 4) is 0 Å². The van der Waals surface area contributed by atoms with Crippen molar-refractivity contribution in [1.29, 1.82) is 0 Å². The Morgan fingerprint density at radius 3 is 2.46 bits per heavy atom. The van der Waals surface area contributed by atoms with Gasteiger partial charge in [0.25, 0.3) is 0 Å². The lowest BCUT2D eigenvalue weighted by Gasteiger charge is -2.06. The predicted octanol–water partition coefficient (Wildman–Crippen LogP) is 1.11. The van der Waals surface area contributed by atoms with Gasteiger partial charge in [0.1, 0.15) is 0 Å². The Morgan fingerprint density at radius 2 is 2.00 bits per heavy atom. The van der Waals surface area contributed by atoms with Crippen LogP contribution in [0.4, 0.5) is 0 Å². The first-order chi connectivity index (χ1) is 5.91. The van der Waals surface area contributed by atoms with Gasteiger partial charge in [-0.25, -0.2) is 8.42 Å². The zero-order valence-corrected chi connectivity index (χ0v) is 8.51. The Morgan fingerprint density at radius 1 is 1.38 bits per heavy atom. The third-order valence-corrected chi connectivity index (χ3v) is 2.92. The van der Waals surface area contributed by atoms with Crippen molar-refractivity contribution in [2.75, 3.05) is 6.26 Å². The lowest BCUT2D eigenvalue weighted by molar-refractivity contribution is 0.601. The van der Waals surface area contributed by atoms with Gasteiger partial charge in [0.15, 0.2) is 9.84 Å². The highest BCUT2D eigenvalue weighted by molar-refractivity contribution is 7.90. The molecule has 0 heterocycles. The number of hydrogen-bond donors (Lipinski definition) is 1. The molecule has 2 N–H and O–H groups in total. The van der Waals surface area contributed by atoms with E-state index in [4.69, 9.17) is 5.73 Å². The van der Waals surface area contributed by atoms with Crippen LogP contribution >= 0.6 is 0 Å². The highest BCUT2D eigenvalue weighted by Gasteiger charge is 2.08. The molecule has 0 bridgehead atoms. The van der Waals surface area contributed by atoms with Gasteiger partial charge >= 0.3 is 0 Å². The minimum absolute atomic E-state index is 0.137. The largest absolute Gasteiger partial charge is 0.324 e. The molecule has 1 aromatic carbocycles. The van der Waals surface area contributed by atoms with E-state index in [-0.39, 0.29) is 6.04 Å². The number of rotatable bonds is 2. The van der Waals surface area contributed by atoms with E-state index >= 15 is 0 Å². The molecule has 0 unspecified atom stereocenters. The van der Waals surface area contributed by atoms with Gasteiger partial charge in [0.05, 0.1) is 4.90 Å². The first-order valence-corrected chi connectivity index (χ1v) is 5.86. The molecule has 1 atom stereocenters. The molecular formula is C9H13NO2S. The standard InChI is InChI=1S/C9H13NO2S/c1-7(10)8-4-3-5-9(6-8)13(2,11)12/h3-7H,10H2,1-2H3/t7-/m1/s1. The summed E-state index contributed by atoms with van der Waals surface area (Å²) in [5.74, 6) is 0. The zero-order chi connectivity index (χ0) is 10.1. The van der Waals surface area contributed by atoms with Crippen LogP contribution in [0.25, 0.3) is 0 Å². The SMILES string of the molecule is C[C@@H](N)c1cccc(S(C)(=O)=O)c1. The molecule has 0 saturated carbocycles. The molecule has 0 spiro atoms. The van der Waals surface area contributed by atoms with Gasteiger partial charge in [-0.2, -0.15) is 0 Å². The summed E-state index contributed by atoms with van der Waals surface area (Å²) in [5.41, 5.74) is 6.47. The van der Waals surface area contributed by atoms with Crippen molar-refractivity contribution >= 4 is 9.84 Å². The molecule has 0 aliphatic carbocycles. The van der Waals surface area contributed by atoms with Crippen LogP contribution in [0.2, 0.25) is 0 Å². The predicted molar refractivity (Wildman–Crippen MR) is 52.2 cm³/mol. The molecule has 0 aliphatic rings. The molecule has 0 aromatic heterocycles. The Labute approximate surface area is 78.5 Å². The summed E-state index contributed by atoms with van der Waals surface area (Å²) in [6.07, 6.45) is 1.19. The molecule has 1 rings (SSSR count). The van der Waals surface area contributed by atoms with Crippen molar-refractivity contribution in [2.45, 2.75) is 17.9 Å². The van der Waals surface area contributed by atoms with E-state index in [0.29, 0.717) is 4.90 Å². The fraction of sp³-hybridized carbons (Fsp3) is 0.333. The maximum atomic E-state index is 11.2. The molecule has 0 saturated heterocycles. The molecule has 72 valence electrons. The number of nitrogens with two attached hydrogens (primary N) is 1. The highest BCUT2D eigenvalue weighted by Crippen LogP contribution is 2.15. The van der Waals surface area contributed by atoms with Gasteiger partial charge in [-0.05, 0) is 24.6 Å². The van der Waals surface area contributed by atoms with Crippen molar-refractivity contribution in [3.05, 3.63) is 29.8 Å². The second-order valence-electron chi connectivity index (χ2n) is 3.13. The first kappa shape index (κ1) is 10.2. The molecule has 0 fully saturated rings. The normalized spacial score (nSPS) is 14.1. The van der Waals surface area contributed by atoms with E-state index in [1.165, 1.54) is 6.26 Å². The molecule has 0 radical (unpaired) electrons. The summed E-state index contributed by atoms with van der Waals surface area (Å²) in [4.78, 5) is 0.322. The topological polar surface area (TPSA) is 60.2 Å². The molecule has 4 heteroatoms. The summed E-state index contributed by atoms with van der Waals surface area (Å²) in [5, 5.41) is 0. The second kappa shape index (κ2) is 3.47. The molecule has 13 heavy (non-hydrogen) atoms. The Bertz CT molecular complexity index is 396. The highest BCUT2D eigenvalue weighted by atomic mass is 32.2. The van der Waals surface area contributed by atoms with Crippen molar-refractivity contribution < 1.29 is 8.42 Å². The Kier molecular flexibility index (Phi) is 2.73. The van der Waals surface area contributed by atoms with Gasteiger partial charge < -0.3 is 5.73 Å². The van der Waals surface area contributed by atoms with Gasteiger partial charge in [-0.15, -0.1) is 0 Å². The monoisotopic (exact) mass is 199 g/mol. The fourth-order valence-electron chi connectivity index (χ4n) is 1.03. The minimum Gasteiger partial charge on any atom is -0.324 e. The van der Waals surface area contributed by atoms with E-state index in [9.17, 15) is 8.42 Å². The van der Waals surface area contributed by atoms with Crippen molar-refractivity contribution in [3.63, 3.8) is 0 Å². The van der Waals surface area contributed by atoms with Crippen LogP contribution in [-0.2, 0) is 9.84 Å². The Hall–Kier alpha value is -0.870. The van der Waals surface area contributed by atoms with Crippen molar-refractivity contribution in [2.24, 2.45) is 5.73 Å². The number of sulfone groups is 1. The van der Waals surface area contributed by atoms with E-state index < -0.39 is 9.84 Å². The zero-order valence-electron chi connectivity index (χ0n) is 7.69. The van der Waals surface area contributed by atoms with E-state index in [2.05, 4.69) is 0 Å². The van der Waals surface area contributed by atoms with Crippen LogP contribution in [0.1, 0.15) is 18.5 Å². The summed E-state index contributed by atoms with van der Waals surface area (Å²) in [6, 6.07) is 6.57. The average Bonchev–Trinajstić information content (AvgIpc) is 2.03. The minimum atomic E-state index is -3.11. The van der Waals surface area contributed by atoms with Crippen LogP contribution in [0.15, 0.2) is 29.2 Å². The van der Waals surface area contributed by atoms with Gasteiger partial charge in [-0.1, -0.05) is 12.1 Å². The van der Waals surface area contributed by atoms with Crippen LogP contribution in [0.5, 0.6) is 0 Å². The van der Waals surface area contributed by atoms with E-state index in [1.54, 1.807) is 18.2 Å². The summed E-state index contributed by atoms with van der Waals surface area (Å²) in [6.45, 7) is 1.82. The number of benzene rings is 1. The van der Waals surface area contributed by atoms with Gasteiger partial charge in [-0.3, -0.25) is 0 Å². The quantitative estimate of drug-likeness (QED) is 0.776. The van der Waals surface area contributed by atoms with E-state index in [0.717, 1.165) is 5.56 Å². The summed E-state index contributed by atoms with van der Waals surface area (Å²) < 4.78 is 22.3. The Balaban J connectivity index is 3.21. The van der Waals surface area contributed by atoms with Crippen LogP contribution < -0.4 is 5.73 Å². The lowest BCUT2D eigenvalue weighted by Crippen LogP contribution is -2.06. The van der Waals surface area contributed by atoms with Crippen molar-refractivity contribution in [1.82, 2.24) is 0 Å². The van der Waals surface area contributed by atoms with Crippen LogP contribution in [0, 0.1) is 0 Å². The molecule has 0 amide bonds. The maximum Gasteiger partial charge on any atom is 0.175 e. The van der Waals surface area contributed by atoms with E-state index in [1.807, 2.05) is 13.0 Å².